The molecule has 17 heavy (non-hydrogen) atoms. The van der Waals surface area contributed by atoms with Gasteiger partial charge in [-0.2, -0.15) is 0 Å². The quantitative estimate of drug-likeness (QED) is 0.866. The van der Waals surface area contributed by atoms with Crippen molar-refractivity contribution in [2.45, 2.75) is 38.8 Å². The summed E-state index contributed by atoms with van der Waals surface area (Å²) in [6, 6.07) is 0.981. The highest BCUT2D eigenvalue weighted by Gasteiger charge is 2.35. The summed E-state index contributed by atoms with van der Waals surface area (Å²) in [7, 11) is 0. The van der Waals surface area contributed by atoms with Crippen LogP contribution in [0.25, 0.3) is 0 Å². The fourth-order valence-corrected chi connectivity index (χ4v) is 2.69. The predicted octanol–water partition coefficient (Wildman–Crippen LogP) is 1.73. The van der Waals surface area contributed by atoms with Crippen LogP contribution in [0.4, 0.5) is 0 Å². The lowest BCUT2D eigenvalue weighted by atomic mass is 10.1. The van der Waals surface area contributed by atoms with E-state index in [1.54, 1.807) is 0 Å². The van der Waals surface area contributed by atoms with Gasteiger partial charge >= 0.3 is 0 Å². The summed E-state index contributed by atoms with van der Waals surface area (Å²) in [5.41, 5.74) is 0. The van der Waals surface area contributed by atoms with E-state index in [4.69, 9.17) is 4.42 Å². The Morgan fingerprint density at radius 3 is 3.00 bits per heavy atom. The summed E-state index contributed by atoms with van der Waals surface area (Å²) in [4.78, 5) is 6.84. The van der Waals surface area contributed by atoms with Crippen molar-refractivity contribution in [1.29, 1.82) is 0 Å². The Labute approximate surface area is 102 Å². The molecule has 94 valence electrons. The third kappa shape index (κ3) is 2.38. The lowest BCUT2D eigenvalue weighted by Crippen LogP contribution is -2.52. The Bertz CT molecular complexity index is 386. The first kappa shape index (κ1) is 11.2. The average Bonchev–Trinajstić information content (AvgIpc) is 3.11. The molecule has 2 unspecified atom stereocenters. The SMILES string of the molecule is Cc1cnc(C(C)N2CCNC(C3CC3)C2)o1. The van der Waals surface area contributed by atoms with E-state index in [0.29, 0.717) is 12.1 Å². The molecular formula is C13H21N3O. The van der Waals surface area contributed by atoms with Gasteiger partial charge in [0.05, 0.1) is 12.2 Å². The molecular weight excluding hydrogens is 214 g/mol. The molecule has 0 aromatic carbocycles. The van der Waals surface area contributed by atoms with Crippen LogP contribution in [-0.4, -0.2) is 35.6 Å². The molecule has 1 aliphatic carbocycles. The highest BCUT2D eigenvalue weighted by molar-refractivity contribution is 4.98. The second-order valence-electron chi connectivity index (χ2n) is 5.38. The zero-order valence-electron chi connectivity index (χ0n) is 10.6. The van der Waals surface area contributed by atoms with E-state index in [9.17, 15) is 0 Å². The van der Waals surface area contributed by atoms with Gasteiger partial charge < -0.3 is 9.73 Å². The minimum Gasteiger partial charge on any atom is -0.444 e. The van der Waals surface area contributed by atoms with Crippen molar-refractivity contribution in [1.82, 2.24) is 15.2 Å². The number of nitrogens with zero attached hydrogens (tertiary/aromatic N) is 2. The molecule has 1 aromatic heterocycles. The van der Waals surface area contributed by atoms with Gasteiger partial charge in [0.15, 0.2) is 0 Å². The summed E-state index contributed by atoms with van der Waals surface area (Å²) < 4.78 is 5.64. The zero-order chi connectivity index (χ0) is 11.8. The highest BCUT2D eigenvalue weighted by atomic mass is 16.4. The standard InChI is InChI=1S/C13H21N3O/c1-9-7-15-13(17-9)10(2)16-6-5-14-12(8-16)11-3-4-11/h7,10-12,14H,3-6,8H2,1-2H3. The fraction of sp³-hybridized carbons (Fsp3) is 0.769. The maximum Gasteiger partial charge on any atom is 0.211 e. The topological polar surface area (TPSA) is 41.3 Å². The monoisotopic (exact) mass is 235 g/mol. The van der Waals surface area contributed by atoms with Crippen LogP contribution in [0.2, 0.25) is 0 Å². The molecule has 1 saturated carbocycles. The van der Waals surface area contributed by atoms with Crippen LogP contribution in [0.15, 0.2) is 10.6 Å². The molecule has 4 heteroatoms. The number of hydrogen-bond acceptors (Lipinski definition) is 4. The molecule has 0 radical (unpaired) electrons. The molecule has 2 atom stereocenters. The smallest absolute Gasteiger partial charge is 0.211 e. The first-order valence-electron chi connectivity index (χ1n) is 6.64. The molecule has 1 aromatic rings. The number of oxazole rings is 1. The molecule has 2 heterocycles. The molecule has 4 nitrogen and oxygen atoms in total. The molecule has 0 amide bonds. The number of hydrogen-bond donors (Lipinski definition) is 1. The van der Waals surface area contributed by atoms with Gasteiger partial charge in [0.1, 0.15) is 5.76 Å². The number of aromatic nitrogens is 1. The van der Waals surface area contributed by atoms with Crippen LogP contribution in [0.3, 0.4) is 0 Å². The normalized spacial score (nSPS) is 28.2. The molecule has 2 fully saturated rings. The van der Waals surface area contributed by atoms with Crippen molar-refractivity contribution in [2.75, 3.05) is 19.6 Å². The summed E-state index contributed by atoms with van der Waals surface area (Å²) >= 11 is 0. The van der Waals surface area contributed by atoms with E-state index in [2.05, 4.69) is 22.1 Å². The van der Waals surface area contributed by atoms with E-state index in [-0.39, 0.29) is 0 Å². The minimum absolute atomic E-state index is 0.298. The molecule has 0 spiro atoms. The maximum atomic E-state index is 5.64. The van der Waals surface area contributed by atoms with Crippen molar-refractivity contribution in [2.24, 2.45) is 5.92 Å². The molecule has 0 bridgehead atoms. The second kappa shape index (κ2) is 4.42. The first-order valence-corrected chi connectivity index (χ1v) is 6.64. The van der Waals surface area contributed by atoms with Gasteiger partial charge in [-0.3, -0.25) is 4.90 Å². The fourth-order valence-electron chi connectivity index (χ4n) is 2.69. The number of piperazine rings is 1. The Kier molecular flexibility index (Phi) is 2.92. The van der Waals surface area contributed by atoms with E-state index in [0.717, 1.165) is 37.2 Å². The van der Waals surface area contributed by atoms with Crippen molar-refractivity contribution in [3.8, 4) is 0 Å². The molecule has 1 aliphatic heterocycles. The molecule has 3 rings (SSSR count). The van der Waals surface area contributed by atoms with Crippen molar-refractivity contribution in [3.63, 3.8) is 0 Å². The van der Waals surface area contributed by atoms with Gasteiger partial charge in [0.2, 0.25) is 5.89 Å². The zero-order valence-corrected chi connectivity index (χ0v) is 10.6. The van der Waals surface area contributed by atoms with Crippen LogP contribution >= 0.6 is 0 Å². The largest absolute Gasteiger partial charge is 0.444 e. The van der Waals surface area contributed by atoms with Crippen LogP contribution < -0.4 is 5.32 Å². The van der Waals surface area contributed by atoms with E-state index >= 15 is 0 Å². The maximum absolute atomic E-state index is 5.64. The average molecular weight is 235 g/mol. The summed E-state index contributed by atoms with van der Waals surface area (Å²) in [5.74, 6) is 2.68. The van der Waals surface area contributed by atoms with Crippen LogP contribution in [0, 0.1) is 12.8 Å². The summed E-state index contributed by atoms with van der Waals surface area (Å²) in [6.45, 7) is 7.46. The van der Waals surface area contributed by atoms with Crippen molar-refractivity contribution in [3.05, 3.63) is 17.8 Å². The highest BCUT2D eigenvalue weighted by Crippen LogP contribution is 2.34. The summed E-state index contributed by atoms with van der Waals surface area (Å²) in [5, 5.41) is 3.63. The van der Waals surface area contributed by atoms with Gasteiger partial charge in [-0.1, -0.05) is 0 Å². The lowest BCUT2D eigenvalue weighted by Gasteiger charge is -2.36. The Hall–Kier alpha value is -0.870. The van der Waals surface area contributed by atoms with Crippen LogP contribution in [-0.2, 0) is 0 Å². The van der Waals surface area contributed by atoms with Gasteiger partial charge in [-0.25, -0.2) is 4.98 Å². The van der Waals surface area contributed by atoms with Gasteiger partial charge in [-0.05, 0) is 32.6 Å². The Morgan fingerprint density at radius 2 is 2.35 bits per heavy atom. The van der Waals surface area contributed by atoms with Crippen molar-refractivity contribution >= 4 is 0 Å². The van der Waals surface area contributed by atoms with E-state index < -0.39 is 0 Å². The Morgan fingerprint density at radius 1 is 1.53 bits per heavy atom. The van der Waals surface area contributed by atoms with Gasteiger partial charge in [0.25, 0.3) is 0 Å². The van der Waals surface area contributed by atoms with Crippen molar-refractivity contribution < 1.29 is 4.42 Å². The predicted molar refractivity (Wildman–Crippen MR) is 65.7 cm³/mol. The minimum atomic E-state index is 0.298. The number of nitrogens with one attached hydrogen (secondary N) is 1. The van der Waals surface area contributed by atoms with Gasteiger partial charge in [-0.15, -0.1) is 0 Å². The third-order valence-electron chi connectivity index (χ3n) is 3.97. The summed E-state index contributed by atoms with van der Waals surface area (Å²) in [6.07, 6.45) is 4.61. The van der Waals surface area contributed by atoms with Gasteiger partial charge in [0, 0.05) is 25.7 Å². The third-order valence-corrected chi connectivity index (χ3v) is 3.97. The second-order valence-corrected chi connectivity index (χ2v) is 5.38. The molecule has 2 aliphatic rings. The van der Waals surface area contributed by atoms with Crippen LogP contribution in [0.1, 0.15) is 37.5 Å². The van der Waals surface area contributed by atoms with E-state index in [1.807, 2.05) is 13.1 Å². The van der Waals surface area contributed by atoms with E-state index in [1.165, 1.54) is 12.8 Å². The Balaban J connectivity index is 1.66. The molecule has 1 saturated heterocycles. The molecule has 1 N–H and O–H groups in total. The number of aryl methyl sites for hydroxylation is 1. The van der Waals surface area contributed by atoms with Crippen LogP contribution in [0.5, 0.6) is 0 Å². The number of rotatable bonds is 3. The first-order chi connectivity index (χ1) is 8.24. The lowest BCUT2D eigenvalue weighted by molar-refractivity contribution is 0.127.